The number of oxazole rings is 1. The van der Waals surface area contributed by atoms with Crippen LogP contribution in [0.2, 0.25) is 0 Å². The minimum Gasteiger partial charge on any atom is -0.459 e. The van der Waals surface area contributed by atoms with Crippen LogP contribution in [0.1, 0.15) is 21.0 Å². The molecule has 25 heavy (non-hydrogen) atoms. The van der Waals surface area contributed by atoms with Gasteiger partial charge in [0.05, 0.1) is 6.26 Å². The van der Waals surface area contributed by atoms with E-state index >= 15 is 0 Å². The highest BCUT2D eigenvalue weighted by molar-refractivity contribution is 6.04. The lowest BCUT2D eigenvalue weighted by atomic mass is 10.2. The molecule has 128 valence electrons. The Kier molecular flexibility index (Phi) is 4.51. The van der Waals surface area contributed by atoms with Crippen molar-refractivity contribution in [3.05, 3.63) is 60.4 Å². The number of nitrogens with zero attached hydrogens (tertiary/aromatic N) is 2. The molecule has 0 unspecified atom stereocenters. The molecule has 2 heterocycles. The van der Waals surface area contributed by atoms with Gasteiger partial charge in [0.1, 0.15) is 6.26 Å². The van der Waals surface area contributed by atoms with Crippen LogP contribution in [-0.4, -0.2) is 30.9 Å². The monoisotopic (exact) mass is 340 g/mol. The van der Waals surface area contributed by atoms with Crippen molar-refractivity contribution in [3.8, 4) is 0 Å². The fraction of sp³-hybridized carbons (Fsp3) is 0.118. The molecule has 0 aliphatic rings. The summed E-state index contributed by atoms with van der Waals surface area (Å²) in [6.45, 7) is 0. The van der Waals surface area contributed by atoms with Crippen molar-refractivity contribution >= 4 is 29.2 Å². The van der Waals surface area contributed by atoms with Gasteiger partial charge in [0.25, 0.3) is 11.8 Å². The Balaban J connectivity index is 1.63. The molecule has 1 aromatic carbocycles. The zero-order chi connectivity index (χ0) is 17.8. The lowest BCUT2D eigenvalue weighted by Crippen LogP contribution is -2.14. The molecule has 8 nitrogen and oxygen atoms in total. The Morgan fingerprint density at radius 3 is 2.40 bits per heavy atom. The predicted octanol–water partition coefficient (Wildman–Crippen LogP) is 2.84. The van der Waals surface area contributed by atoms with Gasteiger partial charge in [0.15, 0.2) is 11.5 Å². The molecule has 2 aromatic heterocycles. The molecule has 2 amide bonds. The second kappa shape index (κ2) is 6.91. The van der Waals surface area contributed by atoms with Crippen LogP contribution in [0.5, 0.6) is 0 Å². The number of benzene rings is 1. The second-order valence-corrected chi connectivity index (χ2v) is 5.36. The summed E-state index contributed by atoms with van der Waals surface area (Å²) in [5.74, 6) is -0.844. The summed E-state index contributed by atoms with van der Waals surface area (Å²) < 4.78 is 10.1. The van der Waals surface area contributed by atoms with Crippen LogP contribution < -0.4 is 15.5 Å². The minimum atomic E-state index is -0.516. The van der Waals surface area contributed by atoms with E-state index in [-0.39, 0.29) is 17.5 Å². The number of rotatable bonds is 5. The van der Waals surface area contributed by atoms with E-state index < -0.39 is 11.8 Å². The first kappa shape index (κ1) is 16.3. The molecule has 0 bridgehead atoms. The fourth-order valence-corrected chi connectivity index (χ4v) is 2.04. The maximum absolute atomic E-state index is 12.2. The first-order valence-corrected chi connectivity index (χ1v) is 7.42. The van der Waals surface area contributed by atoms with Crippen molar-refractivity contribution in [1.29, 1.82) is 0 Å². The maximum atomic E-state index is 12.2. The average Bonchev–Trinajstić information content (AvgIpc) is 3.27. The number of hydrogen-bond acceptors (Lipinski definition) is 6. The molecule has 3 aromatic rings. The van der Waals surface area contributed by atoms with Gasteiger partial charge in [0.2, 0.25) is 0 Å². The van der Waals surface area contributed by atoms with E-state index in [1.807, 2.05) is 31.1 Å². The summed E-state index contributed by atoms with van der Waals surface area (Å²) in [4.78, 5) is 29.9. The van der Waals surface area contributed by atoms with E-state index in [0.717, 1.165) is 5.69 Å². The molecule has 0 aliphatic carbocycles. The van der Waals surface area contributed by atoms with Crippen LogP contribution in [0.15, 0.2) is 57.8 Å². The first-order chi connectivity index (χ1) is 12.0. The highest BCUT2D eigenvalue weighted by Gasteiger charge is 2.16. The number of carbonyl (C=O) groups is 2. The number of aromatic nitrogens is 1. The molecule has 0 radical (unpaired) electrons. The van der Waals surface area contributed by atoms with Crippen molar-refractivity contribution in [1.82, 2.24) is 4.98 Å². The number of hydrogen-bond donors (Lipinski definition) is 2. The van der Waals surface area contributed by atoms with E-state index in [2.05, 4.69) is 15.6 Å². The van der Waals surface area contributed by atoms with Crippen LogP contribution >= 0.6 is 0 Å². The molecular formula is C17H16N4O4. The molecule has 0 atom stereocenters. The van der Waals surface area contributed by atoms with E-state index in [0.29, 0.717) is 5.69 Å². The van der Waals surface area contributed by atoms with Gasteiger partial charge in [-0.3, -0.25) is 14.9 Å². The molecule has 0 fully saturated rings. The van der Waals surface area contributed by atoms with Gasteiger partial charge in [0, 0.05) is 25.5 Å². The molecule has 8 heteroatoms. The van der Waals surface area contributed by atoms with Crippen LogP contribution in [0.25, 0.3) is 0 Å². The van der Waals surface area contributed by atoms with E-state index in [9.17, 15) is 9.59 Å². The average molecular weight is 340 g/mol. The van der Waals surface area contributed by atoms with Gasteiger partial charge in [-0.1, -0.05) is 0 Å². The Morgan fingerprint density at radius 1 is 1.00 bits per heavy atom. The summed E-state index contributed by atoms with van der Waals surface area (Å²) in [5.41, 5.74) is 1.69. The lowest BCUT2D eigenvalue weighted by Gasteiger charge is -2.12. The highest BCUT2D eigenvalue weighted by atomic mass is 16.4. The molecule has 3 rings (SSSR count). The molecule has 0 saturated carbocycles. The van der Waals surface area contributed by atoms with Crippen molar-refractivity contribution in [2.75, 3.05) is 29.6 Å². The van der Waals surface area contributed by atoms with Crippen molar-refractivity contribution in [2.24, 2.45) is 0 Å². The largest absolute Gasteiger partial charge is 0.459 e. The topological polar surface area (TPSA) is 101 Å². The third-order valence-electron chi connectivity index (χ3n) is 3.34. The minimum absolute atomic E-state index is 0.0476. The third-order valence-corrected chi connectivity index (χ3v) is 3.34. The first-order valence-electron chi connectivity index (χ1n) is 7.42. The van der Waals surface area contributed by atoms with Crippen molar-refractivity contribution in [2.45, 2.75) is 0 Å². The normalized spacial score (nSPS) is 10.3. The van der Waals surface area contributed by atoms with Crippen LogP contribution in [0.4, 0.5) is 17.4 Å². The zero-order valence-corrected chi connectivity index (χ0v) is 13.6. The van der Waals surface area contributed by atoms with E-state index in [1.54, 1.807) is 18.2 Å². The van der Waals surface area contributed by atoms with Crippen molar-refractivity contribution < 1.29 is 18.4 Å². The molecule has 0 aliphatic heterocycles. The molecular weight excluding hydrogens is 324 g/mol. The van der Waals surface area contributed by atoms with Crippen LogP contribution in [-0.2, 0) is 0 Å². The van der Waals surface area contributed by atoms with Gasteiger partial charge in [-0.05, 0) is 36.4 Å². The van der Waals surface area contributed by atoms with E-state index in [4.69, 9.17) is 8.83 Å². The fourth-order valence-electron chi connectivity index (χ4n) is 2.04. The SMILES string of the molecule is CN(C)c1ccc(NC(=O)c2coc(NC(=O)c3ccco3)n2)cc1. The maximum Gasteiger partial charge on any atom is 0.302 e. The Bertz CT molecular complexity index is 866. The van der Waals surface area contributed by atoms with Gasteiger partial charge in [-0.15, -0.1) is 0 Å². The van der Waals surface area contributed by atoms with Gasteiger partial charge < -0.3 is 19.1 Å². The third kappa shape index (κ3) is 3.86. The number of carbonyl (C=O) groups excluding carboxylic acids is 2. The second-order valence-electron chi connectivity index (χ2n) is 5.36. The summed E-state index contributed by atoms with van der Waals surface area (Å²) in [6.07, 6.45) is 2.55. The summed E-state index contributed by atoms with van der Waals surface area (Å²) >= 11 is 0. The van der Waals surface area contributed by atoms with E-state index in [1.165, 1.54) is 18.6 Å². The van der Waals surface area contributed by atoms with Gasteiger partial charge >= 0.3 is 6.01 Å². The quantitative estimate of drug-likeness (QED) is 0.741. The van der Waals surface area contributed by atoms with Gasteiger partial charge in [-0.2, -0.15) is 4.98 Å². The Hall–Kier alpha value is -3.55. The lowest BCUT2D eigenvalue weighted by molar-refractivity contribution is 0.0990. The summed E-state index contributed by atoms with van der Waals surface area (Å²) in [7, 11) is 3.86. The number of furan rings is 1. The molecule has 0 saturated heterocycles. The Labute approximate surface area is 143 Å². The highest BCUT2D eigenvalue weighted by Crippen LogP contribution is 2.17. The summed E-state index contributed by atoms with van der Waals surface area (Å²) in [6, 6.07) is 10.3. The molecule has 2 N–H and O–H groups in total. The molecule has 0 spiro atoms. The smallest absolute Gasteiger partial charge is 0.302 e. The van der Waals surface area contributed by atoms with Crippen LogP contribution in [0, 0.1) is 0 Å². The zero-order valence-electron chi connectivity index (χ0n) is 13.6. The summed E-state index contributed by atoms with van der Waals surface area (Å²) in [5, 5.41) is 5.11. The standard InChI is InChI=1S/C17H16N4O4/c1-21(2)12-7-5-11(6-8-12)18-15(22)13-10-25-17(19-13)20-16(23)14-4-3-9-24-14/h3-10H,1-2H3,(H,18,22)(H,19,20,23). The van der Waals surface area contributed by atoms with Gasteiger partial charge in [-0.25, -0.2) is 0 Å². The number of nitrogens with one attached hydrogen (secondary N) is 2. The van der Waals surface area contributed by atoms with Crippen LogP contribution in [0.3, 0.4) is 0 Å². The van der Waals surface area contributed by atoms with Crippen molar-refractivity contribution in [3.63, 3.8) is 0 Å². The number of amides is 2. The Morgan fingerprint density at radius 2 is 1.76 bits per heavy atom. The predicted molar refractivity (Wildman–Crippen MR) is 91.9 cm³/mol. The number of anilines is 3.